The van der Waals surface area contributed by atoms with Crippen LogP contribution in [-0.4, -0.2) is 39.0 Å². The van der Waals surface area contributed by atoms with Crippen LogP contribution in [0.25, 0.3) is 11.0 Å². The molecule has 0 aliphatic carbocycles. The molecule has 2 heterocycles. The van der Waals surface area contributed by atoms with Crippen molar-refractivity contribution in [2.75, 3.05) is 24.6 Å². The molecule has 1 fully saturated rings. The molecule has 90 valence electrons. The third-order valence-corrected chi connectivity index (χ3v) is 4.29. The first-order valence-electron chi connectivity index (χ1n) is 6.05. The summed E-state index contributed by atoms with van der Waals surface area (Å²) in [5.41, 5.74) is 2.34. The highest BCUT2D eigenvalue weighted by Gasteiger charge is 2.14. The van der Waals surface area contributed by atoms with E-state index in [1.54, 1.807) is 0 Å². The zero-order chi connectivity index (χ0) is 11.7. The van der Waals surface area contributed by atoms with Crippen molar-refractivity contribution in [2.24, 2.45) is 7.05 Å². The third kappa shape index (κ3) is 2.19. The van der Waals surface area contributed by atoms with Gasteiger partial charge >= 0.3 is 0 Å². The fourth-order valence-electron chi connectivity index (χ4n) is 2.30. The van der Waals surface area contributed by atoms with Crippen LogP contribution < -0.4 is 0 Å². The first-order valence-corrected chi connectivity index (χ1v) is 7.20. The van der Waals surface area contributed by atoms with Gasteiger partial charge in [-0.25, -0.2) is 4.98 Å². The van der Waals surface area contributed by atoms with Gasteiger partial charge in [0, 0.05) is 31.6 Å². The number of aryl methyl sites for hydroxylation is 1. The van der Waals surface area contributed by atoms with E-state index < -0.39 is 0 Å². The van der Waals surface area contributed by atoms with Crippen molar-refractivity contribution in [2.45, 2.75) is 6.54 Å². The fraction of sp³-hybridized carbons (Fsp3) is 0.462. The maximum atomic E-state index is 4.72. The Hall–Kier alpha value is -1.00. The van der Waals surface area contributed by atoms with Gasteiger partial charge in [0.05, 0.1) is 17.6 Å². The van der Waals surface area contributed by atoms with Crippen molar-refractivity contribution in [1.29, 1.82) is 0 Å². The lowest BCUT2D eigenvalue weighted by Gasteiger charge is -2.25. The average Bonchev–Trinajstić information content (AvgIpc) is 2.68. The van der Waals surface area contributed by atoms with Gasteiger partial charge in [0.25, 0.3) is 0 Å². The number of nitrogens with zero attached hydrogens (tertiary/aromatic N) is 3. The molecule has 1 aromatic heterocycles. The van der Waals surface area contributed by atoms with Gasteiger partial charge in [-0.05, 0) is 12.1 Å². The molecule has 3 nitrogen and oxygen atoms in total. The molecule has 0 atom stereocenters. The number of thioether (sulfide) groups is 1. The lowest BCUT2D eigenvalue weighted by atomic mass is 10.3. The summed E-state index contributed by atoms with van der Waals surface area (Å²) in [4.78, 5) is 7.22. The smallest absolute Gasteiger partial charge is 0.123 e. The number of hydrogen-bond acceptors (Lipinski definition) is 3. The van der Waals surface area contributed by atoms with E-state index in [1.165, 1.54) is 35.9 Å². The van der Waals surface area contributed by atoms with Crippen LogP contribution in [0.15, 0.2) is 24.3 Å². The number of aromatic nitrogens is 2. The van der Waals surface area contributed by atoms with Crippen LogP contribution >= 0.6 is 11.8 Å². The summed E-state index contributed by atoms with van der Waals surface area (Å²) >= 11 is 2.05. The molecule has 0 radical (unpaired) electrons. The number of para-hydroxylation sites is 2. The van der Waals surface area contributed by atoms with E-state index in [-0.39, 0.29) is 0 Å². The SMILES string of the molecule is Cn1c(CN2CCSCC2)nc2ccccc21. The summed E-state index contributed by atoms with van der Waals surface area (Å²) < 4.78 is 2.22. The highest BCUT2D eigenvalue weighted by atomic mass is 32.2. The highest BCUT2D eigenvalue weighted by molar-refractivity contribution is 7.99. The predicted octanol–water partition coefficient (Wildman–Crippen LogP) is 2.12. The molecule has 3 rings (SSSR count). The third-order valence-electron chi connectivity index (χ3n) is 3.35. The van der Waals surface area contributed by atoms with Gasteiger partial charge in [-0.15, -0.1) is 0 Å². The van der Waals surface area contributed by atoms with Crippen LogP contribution in [-0.2, 0) is 13.6 Å². The zero-order valence-corrected chi connectivity index (χ0v) is 10.9. The van der Waals surface area contributed by atoms with Gasteiger partial charge in [-0.1, -0.05) is 12.1 Å². The van der Waals surface area contributed by atoms with E-state index in [4.69, 9.17) is 4.98 Å². The van der Waals surface area contributed by atoms with Crippen LogP contribution in [0.3, 0.4) is 0 Å². The van der Waals surface area contributed by atoms with Crippen LogP contribution in [0.5, 0.6) is 0 Å². The second kappa shape index (κ2) is 4.70. The standard InChI is InChI=1S/C13H17N3S/c1-15-12-5-3-2-4-11(12)14-13(15)10-16-6-8-17-9-7-16/h2-5H,6-10H2,1H3. The predicted molar refractivity (Wildman–Crippen MR) is 73.3 cm³/mol. The Morgan fingerprint density at radius 2 is 2.00 bits per heavy atom. The minimum absolute atomic E-state index is 0.978. The van der Waals surface area contributed by atoms with Crippen LogP contribution in [0.2, 0.25) is 0 Å². The Morgan fingerprint density at radius 3 is 2.76 bits per heavy atom. The second-order valence-corrected chi connectivity index (χ2v) is 5.69. The molecule has 1 saturated heterocycles. The van der Waals surface area contributed by atoms with E-state index in [1.807, 2.05) is 11.8 Å². The van der Waals surface area contributed by atoms with Crippen LogP contribution in [0.1, 0.15) is 5.82 Å². The molecule has 0 saturated carbocycles. The van der Waals surface area contributed by atoms with Crippen LogP contribution in [0.4, 0.5) is 0 Å². The minimum atomic E-state index is 0.978. The molecular formula is C13H17N3S. The Kier molecular flexibility index (Phi) is 3.07. The number of benzene rings is 1. The van der Waals surface area contributed by atoms with Gasteiger partial charge in [-0.2, -0.15) is 11.8 Å². The maximum Gasteiger partial charge on any atom is 0.123 e. The van der Waals surface area contributed by atoms with Crippen molar-refractivity contribution < 1.29 is 0 Å². The first kappa shape index (κ1) is 11.1. The Morgan fingerprint density at radius 1 is 1.24 bits per heavy atom. The summed E-state index contributed by atoms with van der Waals surface area (Å²) in [7, 11) is 2.11. The number of rotatable bonds is 2. The summed E-state index contributed by atoms with van der Waals surface area (Å²) in [5, 5.41) is 0. The molecule has 1 aromatic carbocycles. The van der Waals surface area contributed by atoms with Gasteiger partial charge < -0.3 is 4.57 Å². The van der Waals surface area contributed by atoms with E-state index in [0.29, 0.717) is 0 Å². The average molecular weight is 247 g/mol. The van der Waals surface area contributed by atoms with Crippen molar-refractivity contribution in [3.05, 3.63) is 30.1 Å². The molecule has 1 aliphatic heterocycles. The molecule has 17 heavy (non-hydrogen) atoms. The van der Waals surface area contributed by atoms with Gasteiger partial charge in [0.15, 0.2) is 0 Å². The lowest BCUT2D eigenvalue weighted by Crippen LogP contribution is -2.32. The molecule has 4 heteroatoms. The molecule has 0 bridgehead atoms. The van der Waals surface area contributed by atoms with Crippen molar-refractivity contribution in [1.82, 2.24) is 14.5 Å². The number of fused-ring (bicyclic) bond motifs is 1. The van der Waals surface area contributed by atoms with Crippen molar-refractivity contribution in [3.8, 4) is 0 Å². The summed E-state index contributed by atoms with van der Waals surface area (Å²) in [6, 6.07) is 8.35. The normalized spacial score (nSPS) is 17.7. The monoisotopic (exact) mass is 247 g/mol. The topological polar surface area (TPSA) is 21.1 Å². The molecule has 0 unspecified atom stereocenters. The molecule has 1 aliphatic rings. The quantitative estimate of drug-likeness (QED) is 0.811. The fourth-order valence-corrected chi connectivity index (χ4v) is 3.27. The summed E-state index contributed by atoms with van der Waals surface area (Å²) in [6.45, 7) is 3.35. The minimum Gasteiger partial charge on any atom is -0.330 e. The second-order valence-electron chi connectivity index (χ2n) is 4.46. The van der Waals surface area contributed by atoms with Crippen molar-refractivity contribution >= 4 is 22.8 Å². The van der Waals surface area contributed by atoms with Crippen molar-refractivity contribution in [3.63, 3.8) is 0 Å². The van der Waals surface area contributed by atoms with Gasteiger partial charge in [0.1, 0.15) is 5.82 Å². The maximum absolute atomic E-state index is 4.72. The highest BCUT2D eigenvalue weighted by Crippen LogP contribution is 2.17. The Balaban J connectivity index is 1.87. The Bertz CT molecular complexity index is 514. The number of imidazole rings is 1. The lowest BCUT2D eigenvalue weighted by molar-refractivity contribution is 0.284. The van der Waals surface area contributed by atoms with E-state index in [0.717, 1.165) is 12.1 Å². The molecule has 2 aromatic rings. The largest absolute Gasteiger partial charge is 0.330 e. The summed E-state index contributed by atoms with van der Waals surface area (Å²) in [5.74, 6) is 3.69. The molecule has 0 spiro atoms. The van der Waals surface area contributed by atoms with E-state index >= 15 is 0 Å². The molecular weight excluding hydrogens is 230 g/mol. The van der Waals surface area contributed by atoms with E-state index in [9.17, 15) is 0 Å². The Labute approximate surface area is 106 Å². The molecule has 0 amide bonds. The van der Waals surface area contributed by atoms with E-state index in [2.05, 4.69) is 40.8 Å². The zero-order valence-electron chi connectivity index (χ0n) is 10.1. The first-order chi connectivity index (χ1) is 8.34. The summed E-state index contributed by atoms with van der Waals surface area (Å²) in [6.07, 6.45) is 0. The number of hydrogen-bond donors (Lipinski definition) is 0. The van der Waals surface area contributed by atoms with Gasteiger partial charge in [0.2, 0.25) is 0 Å². The van der Waals surface area contributed by atoms with Crippen LogP contribution in [0, 0.1) is 0 Å². The molecule has 0 N–H and O–H groups in total. The van der Waals surface area contributed by atoms with Gasteiger partial charge in [-0.3, -0.25) is 4.90 Å².